The average Bonchev–Trinajstić information content (AvgIpc) is 3.14. The number of anilines is 1. The first-order chi connectivity index (χ1) is 14.3. The number of thiophene rings is 1. The summed E-state index contributed by atoms with van der Waals surface area (Å²) in [6.45, 7) is 8.30. The van der Waals surface area contributed by atoms with E-state index in [0.29, 0.717) is 0 Å². The summed E-state index contributed by atoms with van der Waals surface area (Å²) in [5.74, 6) is 2.14. The molecule has 0 amide bonds. The lowest BCUT2D eigenvalue weighted by molar-refractivity contribution is -0.900. The van der Waals surface area contributed by atoms with E-state index in [2.05, 4.69) is 41.1 Å². The predicted octanol–water partition coefficient (Wildman–Crippen LogP) is 2.66. The van der Waals surface area contributed by atoms with E-state index in [4.69, 9.17) is 9.72 Å². The molecule has 29 heavy (non-hydrogen) atoms. The summed E-state index contributed by atoms with van der Waals surface area (Å²) in [6.07, 6.45) is 6.78. The van der Waals surface area contributed by atoms with Gasteiger partial charge in [-0.3, -0.25) is 0 Å². The van der Waals surface area contributed by atoms with Crippen LogP contribution in [-0.2, 0) is 12.8 Å². The van der Waals surface area contributed by atoms with Crippen molar-refractivity contribution in [2.24, 2.45) is 0 Å². The molecule has 5 nitrogen and oxygen atoms in total. The summed E-state index contributed by atoms with van der Waals surface area (Å²) in [5.41, 5.74) is 2.80. The number of quaternary nitrogens is 1. The fraction of sp³-hybridized carbons (Fsp3) is 0.478. The van der Waals surface area contributed by atoms with Crippen molar-refractivity contribution in [1.82, 2.24) is 9.97 Å². The summed E-state index contributed by atoms with van der Waals surface area (Å²) in [4.78, 5) is 16.2. The molecule has 5 rings (SSSR count). The summed E-state index contributed by atoms with van der Waals surface area (Å²) in [6, 6.07) is 8.33. The Bertz CT molecular complexity index is 976. The first-order valence-electron chi connectivity index (χ1n) is 10.8. The Morgan fingerprint density at radius 1 is 1.07 bits per heavy atom. The highest BCUT2D eigenvalue weighted by Crippen LogP contribution is 2.39. The minimum atomic E-state index is 0.772. The lowest BCUT2D eigenvalue weighted by Gasteiger charge is -2.33. The van der Waals surface area contributed by atoms with E-state index >= 15 is 0 Å². The van der Waals surface area contributed by atoms with Gasteiger partial charge in [-0.2, -0.15) is 0 Å². The van der Waals surface area contributed by atoms with Crippen LogP contribution in [0.4, 0.5) is 5.82 Å². The number of fused-ring (bicyclic) bond motifs is 3. The zero-order valence-corrected chi connectivity index (χ0v) is 17.9. The van der Waals surface area contributed by atoms with Gasteiger partial charge in [0.2, 0.25) is 0 Å². The summed E-state index contributed by atoms with van der Waals surface area (Å²) < 4.78 is 5.93. The third kappa shape index (κ3) is 3.96. The maximum atomic E-state index is 5.93. The number of ether oxygens (including phenoxy) is 1. The lowest BCUT2D eigenvalue weighted by Crippen LogP contribution is -3.15. The van der Waals surface area contributed by atoms with Crippen LogP contribution in [0.1, 0.15) is 28.8 Å². The van der Waals surface area contributed by atoms with Gasteiger partial charge >= 0.3 is 0 Å². The molecule has 1 aliphatic carbocycles. The Morgan fingerprint density at radius 2 is 1.86 bits per heavy atom. The van der Waals surface area contributed by atoms with E-state index in [1.807, 2.05) is 11.3 Å². The summed E-state index contributed by atoms with van der Waals surface area (Å²) >= 11 is 1.89. The van der Waals surface area contributed by atoms with Crippen LogP contribution in [0.15, 0.2) is 30.6 Å². The first-order valence-corrected chi connectivity index (χ1v) is 11.6. The zero-order chi connectivity index (χ0) is 19.6. The third-order valence-corrected chi connectivity index (χ3v) is 7.45. The van der Waals surface area contributed by atoms with Gasteiger partial charge in [-0.25, -0.2) is 9.97 Å². The molecule has 0 unspecified atom stereocenters. The van der Waals surface area contributed by atoms with Crippen LogP contribution in [0.5, 0.6) is 5.75 Å². The molecule has 1 saturated heterocycles. The normalized spacial score (nSPS) is 17.5. The van der Waals surface area contributed by atoms with E-state index < -0.39 is 0 Å². The van der Waals surface area contributed by atoms with E-state index in [9.17, 15) is 0 Å². The quantitative estimate of drug-likeness (QED) is 0.704. The Kier molecular flexibility index (Phi) is 5.38. The highest BCUT2D eigenvalue weighted by atomic mass is 32.1. The molecule has 0 spiro atoms. The van der Waals surface area contributed by atoms with Crippen molar-refractivity contribution in [2.75, 3.05) is 44.2 Å². The van der Waals surface area contributed by atoms with Gasteiger partial charge in [0.1, 0.15) is 35.9 Å². The van der Waals surface area contributed by atoms with Crippen LogP contribution >= 0.6 is 11.3 Å². The Morgan fingerprint density at radius 3 is 2.69 bits per heavy atom. The van der Waals surface area contributed by atoms with Crippen molar-refractivity contribution in [1.29, 1.82) is 0 Å². The number of hydrogen-bond donors (Lipinski definition) is 1. The maximum absolute atomic E-state index is 5.93. The van der Waals surface area contributed by atoms with Crippen LogP contribution in [-0.4, -0.2) is 49.3 Å². The van der Waals surface area contributed by atoms with Gasteiger partial charge in [0.15, 0.2) is 0 Å². The van der Waals surface area contributed by atoms with Crippen LogP contribution in [0, 0.1) is 6.92 Å². The van der Waals surface area contributed by atoms with Crippen molar-refractivity contribution >= 4 is 27.4 Å². The van der Waals surface area contributed by atoms with E-state index in [-0.39, 0.29) is 0 Å². The van der Waals surface area contributed by atoms with Gasteiger partial charge in [0.05, 0.1) is 31.6 Å². The fourth-order valence-electron chi connectivity index (χ4n) is 4.55. The number of benzene rings is 1. The van der Waals surface area contributed by atoms with Gasteiger partial charge in [0.25, 0.3) is 0 Å². The second kappa shape index (κ2) is 8.28. The lowest BCUT2D eigenvalue weighted by atomic mass is 9.97. The van der Waals surface area contributed by atoms with E-state index in [1.165, 1.54) is 52.8 Å². The molecule has 2 aliphatic rings. The number of hydrogen-bond acceptors (Lipinski definition) is 5. The molecule has 0 bridgehead atoms. The third-order valence-electron chi connectivity index (χ3n) is 6.25. The van der Waals surface area contributed by atoms with Crippen molar-refractivity contribution in [3.8, 4) is 5.75 Å². The Labute approximate surface area is 176 Å². The molecule has 3 heterocycles. The number of nitrogens with zero attached hydrogens (tertiary/aromatic N) is 3. The number of aromatic nitrogens is 2. The first kappa shape index (κ1) is 18.8. The maximum Gasteiger partial charge on any atom is 0.141 e. The van der Waals surface area contributed by atoms with Gasteiger partial charge < -0.3 is 14.5 Å². The highest BCUT2D eigenvalue weighted by Gasteiger charge is 2.26. The summed E-state index contributed by atoms with van der Waals surface area (Å²) in [5, 5.41) is 1.35. The predicted molar refractivity (Wildman–Crippen MR) is 119 cm³/mol. The van der Waals surface area contributed by atoms with Crippen molar-refractivity contribution in [3.05, 3.63) is 46.6 Å². The van der Waals surface area contributed by atoms with Crippen LogP contribution in [0.3, 0.4) is 0 Å². The van der Waals surface area contributed by atoms with Gasteiger partial charge in [-0.05, 0) is 50.3 Å². The molecule has 152 valence electrons. The monoisotopic (exact) mass is 409 g/mol. The largest absolute Gasteiger partial charge is 0.488 e. The van der Waals surface area contributed by atoms with Crippen molar-refractivity contribution < 1.29 is 9.64 Å². The topological polar surface area (TPSA) is 42.7 Å². The van der Waals surface area contributed by atoms with Crippen LogP contribution in [0.25, 0.3) is 10.2 Å². The van der Waals surface area contributed by atoms with Crippen LogP contribution in [0.2, 0.25) is 0 Å². The molecular weight excluding hydrogens is 380 g/mol. The molecule has 3 aromatic rings. The highest BCUT2D eigenvalue weighted by molar-refractivity contribution is 7.19. The molecule has 1 aliphatic heterocycles. The SMILES string of the molecule is Cc1ccc(OCC[NH+]2CCN(c3ncnc4sc5c(c34)CCCC5)CC2)cc1. The van der Waals surface area contributed by atoms with E-state index in [1.54, 1.807) is 16.1 Å². The van der Waals surface area contributed by atoms with E-state index in [0.717, 1.165) is 45.1 Å². The number of aryl methyl sites for hydroxylation is 3. The Balaban J connectivity index is 1.21. The second-order valence-electron chi connectivity index (χ2n) is 8.24. The van der Waals surface area contributed by atoms with Gasteiger partial charge in [-0.1, -0.05) is 17.7 Å². The molecule has 1 fully saturated rings. The minimum absolute atomic E-state index is 0.772. The molecule has 2 aromatic heterocycles. The van der Waals surface area contributed by atoms with Crippen molar-refractivity contribution in [3.63, 3.8) is 0 Å². The van der Waals surface area contributed by atoms with Gasteiger partial charge in [0, 0.05) is 4.88 Å². The minimum Gasteiger partial charge on any atom is -0.488 e. The molecular formula is C23H29N4OS+. The zero-order valence-electron chi connectivity index (χ0n) is 17.1. The van der Waals surface area contributed by atoms with Crippen molar-refractivity contribution in [2.45, 2.75) is 32.6 Å². The van der Waals surface area contributed by atoms with Crippen LogP contribution < -0.4 is 14.5 Å². The molecule has 0 saturated carbocycles. The molecule has 0 atom stereocenters. The second-order valence-corrected chi connectivity index (χ2v) is 9.32. The molecule has 6 heteroatoms. The number of nitrogens with one attached hydrogen (secondary N) is 1. The standard InChI is InChI=1S/C23H28N4OS/c1-17-6-8-18(9-7-17)28-15-14-26-10-12-27(13-11-26)22-21-19-4-2-3-5-20(19)29-23(21)25-16-24-22/h6-9,16H,2-5,10-15H2,1H3/p+1. The molecule has 0 radical (unpaired) electrons. The molecule has 1 aromatic carbocycles. The van der Waals surface area contributed by atoms with Gasteiger partial charge in [-0.15, -0.1) is 11.3 Å². The fourth-order valence-corrected chi connectivity index (χ4v) is 5.77. The average molecular weight is 410 g/mol. The Hall–Kier alpha value is -2.18. The summed E-state index contributed by atoms with van der Waals surface area (Å²) in [7, 11) is 0. The number of piperazine rings is 1. The number of rotatable bonds is 5. The molecule has 1 N–H and O–H groups in total. The smallest absolute Gasteiger partial charge is 0.141 e.